The second-order valence-electron chi connectivity index (χ2n) is 11.6. The van der Waals surface area contributed by atoms with Crippen molar-refractivity contribution in [2.45, 2.75) is 49.6 Å². The topological polar surface area (TPSA) is 86.8 Å². The molecule has 2 unspecified atom stereocenters. The quantitative estimate of drug-likeness (QED) is 0.563. The van der Waals surface area contributed by atoms with Gasteiger partial charge in [0.15, 0.2) is 0 Å². The van der Waals surface area contributed by atoms with Gasteiger partial charge in [-0.15, -0.1) is 0 Å². The van der Waals surface area contributed by atoms with Crippen molar-refractivity contribution in [2.24, 2.45) is 11.8 Å². The predicted octanol–water partition coefficient (Wildman–Crippen LogP) is 3.83. The molecule has 2 aromatic rings. The zero-order chi connectivity index (χ0) is 26.2. The van der Waals surface area contributed by atoms with Crippen molar-refractivity contribution in [1.82, 2.24) is 20.5 Å². The van der Waals surface area contributed by atoms with Crippen LogP contribution < -0.4 is 20.3 Å². The van der Waals surface area contributed by atoms with Gasteiger partial charge in [0.25, 0.3) is 5.91 Å². The van der Waals surface area contributed by atoms with Gasteiger partial charge in [0.05, 0.1) is 0 Å². The van der Waals surface area contributed by atoms with Crippen molar-refractivity contribution in [3.05, 3.63) is 53.8 Å². The van der Waals surface area contributed by atoms with Crippen LogP contribution in [0.15, 0.2) is 42.5 Å². The first-order valence-electron chi connectivity index (χ1n) is 13.0. The van der Waals surface area contributed by atoms with Gasteiger partial charge in [-0.25, -0.2) is 9.18 Å². The minimum absolute atomic E-state index is 0.255. The number of hydrogen-bond acceptors (Lipinski definition) is 6. The number of benzene rings is 1. The fraction of sp³-hybridized carbons (Fsp3) is 0.536. The van der Waals surface area contributed by atoms with Crippen LogP contribution in [0, 0.1) is 17.7 Å². The molecule has 4 aliphatic carbocycles. The molecule has 1 aromatic carbocycles. The van der Waals surface area contributed by atoms with Crippen LogP contribution in [0.25, 0.3) is 0 Å². The van der Waals surface area contributed by atoms with Gasteiger partial charge in [0, 0.05) is 42.8 Å². The lowest BCUT2D eigenvalue weighted by molar-refractivity contribution is -0.0449. The maximum absolute atomic E-state index is 13.7. The number of rotatable bonds is 8. The molecule has 0 radical (unpaired) electrons. The summed E-state index contributed by atoms with van der Waals surface area (Å²) in [5.74, 6) is 1.13. The SMILES string of the molecule is CN(C)CCN(C)c1cccc(OC(=O)NC23CC4CC(C2)CC(NC(=O)c2cccc(F)c2)(C4)C3)n1. The van der Waals surface area contributed by atoms with Crippen LogP contribution in [0.2, 0.25) is 0 Å². The third kappa shape index (κ3) is 5.71. The van der Waals surface area contributed by atoms with E-state index in [1.807, 2.05) is 38.2 Å². The predicted molar refractivity (Wildman–Crippen MR) is 139 cm³/mol. The first kappa shape index (κ1) is 25.4. The molecule has 0 spiro atoms. The van der Waals surface area contributed by atoms with Crippen molar-refractivity contribution >= 4 is 17.8 Å². The summed E-state index contributed by atoms with van der Waals surface area (Å²) in [4.78, 5) is 34.7. The number of anilines is 1. The Bertz CT molecular complexity index is 1160. The molecule has 2 N–H and O–H groups in total. The molecule has 4 bridgehead atoms. The molecular weight excluding hydrogens is 473 g/mol. The van der Waals surface area contributed by atoms with E-state index in [2.05, 4.69) is 20.5 Å². The Labute approximate surface area is 217 Å². The molecular formula is C28H36FN5O3. The fourth-order valence-electron chi connectivity index (χ4n) is 6.97. The van der Waals surface area contributed by atoms with Gasteiger partial charge in [-0.1, -0.05) is 12.1 Å². The van der Waals surface area contributed by atoms with Crippen molar-refractivity contribution in [3.63, 3.8) is 0 Å². The van der Waals surface area contributed by atoms with E-state index >= 15 is 0 Å². The summed E-state index contributed by atoms with van der Waals surface area (Å²) in [5.41, 5.74) is -0.524. The van der Waals surface area contributed by atoms with Crippen LogP contribution in [0.4, 0.5) is 15.0 Å². The van der Waals surface area contributed by atoms with Crippen LogP contribution >= 0.6 is 0 Å². The lowest BCUT2D eigenvalue weighted by Crippen LogP contribution is -2.70. The van der Waals surface area contributed by atoms with Crippen LogP contribution in [0.3, 0.4) is 0 Å². The van der Waals surface area contributed by atoms with Crippen LogP contribution in [-0.2, 0) is 0 Å². The highest BCUT2D eigenvalue weighted by atomic mass is 19.1. The monoisotopic (exact) mass is 509 g/mol. The highest BCUT2D eigenvalue weighted by Gasteiger charge is 2.59. The first-order chi connectivity index (χ1) is 17.6. The summed E-state index contributed by atoms with van der Waals surface area (Å²) in [6.07, 6.45) is 4.74. The third-order valence-electron chi connectivity index (χ3n) is 8.07. The summed E-state index contributed by atoms with van der Waals surface area (Å²) in [6, 6.07) is 11.2. The molecule has 2 atom stereocenters. The molecule has 1 heterocycles. The second kappa shape index (κ2) is 9.93. The van der Waals surface area contributed by atoms with Crippen molar-refractivity contribution < 1.29 is 18.7 Å². The Morgan fingerprint density at radius 1 is 1.00 bits per heavy atom. The Hall–Kier alpha value is -3.20. The first-order valence-corrected chi connectivity index (χ1v) is 13.0. The molecule has 0 saturated heterocycles. The molecule has 1 aromatic heterocycles. The largest absolute Gasteiger partial charge is 0.414 e. The summed E-state index contributed by atoms with van der Waals surface area (Å²) < 4.78 is 19.3. The number of carbonyl (C=O) groups excluding carboxylic acids is 2. The van der Waals surface area contributed by atoms with Crippen molar-refractivity contribution in [2.75, 3.05) is 39.1 Å². The number of carbonyl (C=O) groups is 2. The van der Waals surface area contributed by atoms with Gasteiger partial charge in [-0.3, -0.25) is 4.79 Å². The minimum Gasteiger partial charge on any atom is -0.391 e. The number of nitrogens with zero attached hydrogens (tertiary/aromatic N) is 3. The number of ether oxygens (including phenoxy) is 1. The smallest absolute Gasteiger partial charge is 0.391 e. The van der Waals surface area contributed by atoms with E-state index in [1.54, 1.807) is 18.2 Å². The highest BCUT2D eigenvalue weighted by molar-refractivity contribution is 5.94. The molecule has 198 valence electrons. The standard InChI is InChI=1S/C28H36FN5O3/c1-33(2)10-11-34(3)23-8-5-9-24(30-23)37-26(36)32-28-16-19-12-20(17-28)15-27(14-19,18-28)31-25(35)21-6-4-7-22(29)13-21/h4-9,13,19-20H,10-12,14-18H2,1-3H3,(H,31,35)(H,32,36). The molecule has 4 aliphatic rings. The van der Waals surface area contributed by atoms with E-state index in [0.717, 1.165) is 51.0 Å². The van der Waals surface area contributed by atoms with Gasteiger partial charge in [0.2, 0.25) is 5.88 Å². The van der Waals surface area contributed by atoms with Gasteiger partial charge in [-0.05, 0) is 88.7 Å². The highest BCUT2D eigenvalue weighted by Crippen LogP contribution is 2.57. The van der Waals surface area contributed by atoms with E-state index < -0.39 is 23.0 Å². The Balaban J connectivity index is 1.26. The molecule has 4 fully saturated rings. The molecule has 2 amide bonds. The average molecular weight is 510 g/mol. The Morgan fingerprint density at radius 3 is 2.35 bits per heavy atom. The van der Waals surface area contributed by atoms with Gasteiger partial charge in [-0.2, -0.15) is 4.98 Å². The number of amides is 2. The number of halogens is 1. The maximum Gasteiger partial charge on any atom is 0.414 e. The summed E-state index contributed by atoms with van der Waals surface area (Å²) in [5, 5.41) is 6.41. The number of likely N-dealkylation sites (N-methyl/N-ethyl adjacent to an activating group) is 2. The van der Waals surface area contributed by atoms with Crippen LogP contribution in [-0.4, -0.2) is 67.2 Å². The van der Waals surface area contributed by atoms with Crippen molar-refractivity contribution in [1.29, 1.82) is 0 Å². The lowest BCUT2D eigenvalue weighted by atomic mass is 9.50. The van der Waals surface area contributed by atoms with E-state index in [4.69, 9.17) is 4.74 Å². The average Bonchev–Trinajstić information content (AvgIpc) is 2.81. The molecule has 9 heteroatoms. The number of hydrogen-bond donors (Lipinski definition) is 2. The summed E-state index contributed by atoms with van der Waals surface area (Å²) in [7, 11) is 6.00. The van der Waals surface area contributed by atoms with Gasteiger partial charge < -0.3 is 25.2 Å². The van der Waals surface area contributed by atoms with Gasteiger partial charge >= 0.3 is 6.09 Å². The van der Waals surface area contributed by atoms with E-state index in [1.165, 1.54) is 12.1 Å². The van der Waals surface area contributed by atoms with Crippen LogP contribution in [0.5, 0.6) is 5.88 Å². The zero-order valence-electron chi connectivity index (χ0n) is 21.8. The molecule has 4 saturated carbocycles. The van der Waals surface area contributed by atoms with Crippen LogP contribution in [0.1, 0.15) is 48.9 Å². The van der Waals surface area contributed by atoms with E-state index in [0.29, 0.717) is 23.8 Å². The molecule has 37 heavy (non-hydrogen) atoms. The summed E-state index contributed by atoms with van der Waals surface area (Å²) in [6.45, 7) is 1.68. The molecule has 6 rings (SSSR count). The van der Waals surface area contributed by atoms with Gasteiger partial charge in [0.1, 0.15) is 11.6 Å². The third-order valence-corrected chi connectivity index (χ3v) is 8.07. The minimum atomic E-state index is -0.519. The number of nitrogens with one attached hydrogen (secondary N) is 2. The summed E-state index contributed by atoms with van der Waals surface area (Å²) >= 11 is 0. The Kier molecular flexibility index (Phi) is 6.83. The molecule has 0 aliphatic heterocycles. The van der Waals surface area contributed by atoms with E-state index in [9.17, 15) is 14.0 Å². The second-order valence-corrected chi connectivity index (χ2v) is 11.6. The molecule has 8 nitrogen and oxygen atoms in total. The normalized spacial score (nSPS) is 27.7. The number of pyridine rings is 1. The fourth-order valence-corrected chi connectivity index (χ4v) is 6.97. The van der Waals surface area contributed by atoms with E-state index in [-0.39, 0.29) is 11.8 Å². The maximum atomic E-state index is 13.7. The Morgan fingerprint density at radius 2 is 1.68 bits per heavy atom. The van der Waals surface area contributed by atoms with Crippen molar-refractivity contribution in [3.8, 4) is 5.88 Å². The number of aromatic nitrogens is 1. The zero-order valence-corrected chi connectivity index (χ0v) is 21.8. The lowest BCUT2D eigenvalue weighted by Gasteiger charge is -2.62.